The van der Waals surface area contributed by atoms with Crippen LogP contribution < -0.4 is 10.7 Å². The largest absolute Gasteiger partial charge is 0.503 e. The van der Waals surface area contributed by atoms with E-state index in [9.17, 15) is 28.3 Å². The van der Waals surface area contributed by atoms with Crippen LogP contribution in [0.25, 0.3) is 0 Å². The van der Waals surface area contributed by atoms with Gasteiger partial charge < -0.3 is 19.9 Å². The first-order valence-electron chi connectivity index (χ1n) is 12.9. The highest BCUT2D eigenvalue weighted by molar-refractivity contribution is 5.99. The third kappa shape index (κ3) is 4.63. The molecule has 1 saturated heterocycles. The van der Waals surface area contributed by atoms with E-state index in [0.717, 1.165) is 44.8 Å². The van der Waals surface area contributed by atoms with Gasteiger partial charge in [0, 0.05) is 43.5 Å². The fraction of sp³-hybridized carbons (Fsp3) is 0.519. The lowest BCUT2D eigenvalue weighted by Gasteiger charge is -2.55. The first kappa shape index (κ1) is 25.4. The summed E-state index contributed by atoms with van der Waals surface area (Å²) in [6.45, 7) is 5.99. The molecule has 3 aliphatic rings. The molecular weight excluding hydrogens is 482 g/mol. The second-order valence-corrected chi connectivity index (χ2v) is 10.8. The van der Waals surface area contributed by atoms with Gasteiger partial charge >= 0.3 is 0 Å². The second-order valence-electron chi connectivity index (χ2n) is 10.8. The van der Waals surface area contributed by atoms with E-state index in [0.29, 0.717) is 24.4 Å². The summed E-state index contributed by atoms with van der Waals surface area (Å²) in [5.41, 5.74) is -1.34. The Bertz CT molecular complexity index is 1290. The van der Waals surface area contributed by atoms with Crippen LogP contribution in [0.1, 0.15) is 65.9 Å². The van der Waals surface area contributed by atoms with Gasteiger partial charge in [0.1, 0.15) is 23.4 Å². The number of carbonyl (C=O) groups is 2. The Morgan fingerprint density at radius 2 is 1.92 bits per heavy atom. The minimum absolute atomic E-state index is 0.0522. The summed E-state index contributed by atoms with van der Waals surface area (Å²) >= 11 is 0. The third-order valence-corrected chi connectivity index (χ3v) is 7.79. The van der Waals surface area contributed by atoms with Crippen LogP contribution in [0.5, 0.6) is 5.75 Å². The predicted octanol–water partition coefficient (Wildman–Crippen LogP) is 3.07. The summed E-state index contributed by atoms with van der Waals surface area (Å²) in [4.78, 5) is 43.8. The number of aromatic nitrogens is 1. The van der Waals surface area contributed by atoms with Crippen molar-refractivity contribution >= 4 is 11.8 Å². The number of fused-ring (bicyclic) bond motifs is 4. The maximum Gasteiger partial charge on any atom is 0.276 e. The second kappa shape index (κ2) is 9.89. The molecule has 1 aromatic heterocycles. The third-order valence-electron chi connectivity index (χ3n) is 7.79. The number of halogens is 2. The van der Waals surface area contributed by atoms with E-state index in [1.165, 1.54) is 16.8 Å². The maximum absolute atomic E-state index is 14.0. The van der Waals surface area contributed by atoms with E-state index in [2.05, 4.69) is 24.1 Å². The fourth-order valence-corrected chi connectivity index (χ4v) is 6.16. The van der Waals surface area contributed by atoms with Crippen molar-refractivity contribution in [3.63, 3.8) is 0 Å². The van der Waals surface area contributed by atoms with Crippen molar-refractivity contribution < 1.29 is 23.5 Å². The van der Waals surface area contributed by atoms with Gasteiger partial charge in [-0.3, -0.25) is 19.3 Å². The normalized spacial score (nSPS) is 23.4. The number of aromatic hydroxyl groups is 1. The lowest BCUT2D eigenvalue weighted by atomic mass is 9.80. The number of hydrogen-bond donors (Lipinski definition) is 2. The molecule has 8 nitrogen and oxygen atoms in total. The Morgan fingerprint density at radius 1 is 1.16 bits per heavy atom. The highest BCUT2D eigenvalue weighted by atomic mass is 19.1. The summed E-state index contributed by atoms with van der Waals surface area (Å²) in [7, 11) is 0. The molecule has 1 saturated carbocycles. The lowest BCUT2D eigenvalue weighted by Crippen LogP contribution is -2.68. The van der Waals surface area contributed by atoms with Crippen molar-refractivity contribution in [3.05, 3.63) is 63.1 Å². The molecular formula is C27H32F2N4O4. The van der Waals surface area contributed by atoms with Crippen molar-refractivity contribution in [2.75, 3.05) is 13.1 Å². The molecule has 1 aliphatic carbocycles. The highest BCUT2D eigenvalue weighted by Crippen LogP contribution is 2.39. The van der Waals surface area contributed by atoms with Crippen molar-refractivity contribution in [2.24, 2.45) is 11.8 Å². The Labute approximate surface area is 213 Å². The smallest absolute Gasteiger partial charge is 0.276 e. The number of carbonyl (C=O) groups excluding carboxylic acids is 2. The van der Waals surface area contributed by atoms with Gasteiger partial charge in [0.05, 0.1) is 6.54 Å². The van der Waals surface area contributed by atoms with Crippen LogP contribution in [0, 0.1) is 23.5 Å². The first-order chi connectivity index (χ1) is 17.7. The van der Waals surface area contributed by atoms with E-state index in [4.69, 9.17) is 0 Å². The molecule has 2 fully saturated rings. The maximum atomic E-state index is 14.0. The Kier molecular flexibility index (Phi) is 6.78. The van der Waals surface area contributed by atoms with Crippen LogP contribution >= 0.6 is 0 Å². The molecule has 10 heteroatoms. The molecule has 2 amide bonds. The molecule has 3 heterocycles. The number of pyridine rings is 1. The zero-order valence-corrected chi connectivity index (χ0v) is 21.0. The van der Waals surface area contributed by atoms with Gasteiger partial charge in [-0.2, -0.15) is 0 Å². The minimum atomic E-state index is -0.952. The van der Waals surface area contributed by atoms with Crippen LogP contribution in [0.15, 0.2) is 29.2 Å². The van der Waals surface area contributed by atoms with E-state index in [-0.39, 0.29) is 35.6 Å². The van der Waals surface area contributed by atoms with Gasteiger partial charge in [-0.25, -0.2) is 8.78 Å². The summed E-state index contributed by atoms with van der Waals surface area (Å²) in [5, 5.41) is 13.3. The van der Waals surface area contributed by atoms with E-state index in [1.807, 2.05) is 4.90 Å². The molecule has 2 aromatic rings. The van der Waals surface area contributed by atoms with E-state index >= 15 is 0 Å². The minimum Gasteiger partial charge on any atom is -0.503 e. The molecule has 1 aromatic carbocycles. The first-order valence-corrected chi connectivity index (χ1v) is 12.9. The average Bonchev–Trinajstić information content (AvgIpc) is 2.85. The standard InChI is InChI=1S/C27H32F2N4O4/c1-15(2)11-31-12-17-5-3-4-6-21(17)33-22(31)14-32-13-19(24(34)25(35)23(32)27(33)37)26(36)30-10-16-7-8-18(28)9-20(16)29/h7-9,13,15,17,21-22,35H,3-6,10-12,14H2,1-2H3,(H,30,36). The number of nitrogens with one attached hydrogen (secondary N) is 1. The molecule has 2 aliphatic heterocycles. The Morgan fingerprint density at radius 3 is 2.65 bits per heavy atom. The van der Waals surface area contributed by atoms with Crippen molar-refractivity contribution in [2.45, 2.75) is 64.8 Å². The molecule has 3 atom stereocenters. The molecule has 0 radical (unpaired) electrons. The van der Waals surface area contributed by atoms with Crippen LogP contribution in [-0.2, 0) is 13.1 Å². The monoisotopic (exact) mass is 514 g/mol. The zero-order chi connectivity index (χ0) is 26.4. The van der Waals surface area contributed by atoms with Crippen molar-refractivity contribution in [1.82, 2.24) is 19.7 Å². The molecule has 3 unspecified atom stereocenters. The summed E-state index contributed by atoms with van der Waals surface area (Å²) in [6, 6.07) is 3.06. The quantitative estimate of drug-likeness (QED) is 0.640. The van der Waals surface area contributed by atoms with E-state index < -0.39 is 34.6 Å². The van der Waals surface area contributed by atoms with Gasteiger partial charge in [0.25, 0.3) is 11.8 Å². The van der Waals surface area contributed by atoms with Gasteiger partial charge in [-0.1, -0.05) is 32.8 Å². The SMILES string of the molecule is CC(C)CN1CC2CCCCC2N2C(=O)c3c(O)c(=O)c(C(=O)NCc4ccc(F)cc4F)cn3CC12. The number of amides is 2. The van der Waals surface area contributed by atoms with Crippen molar-refractivity contribution in [3.8, 4) is 5.75 Å². The van der Waals surface area contributed by atoms with Crippen LogP contribution in [0.3, 0.4) is 0 Å². The van der Waals surface area contributed by atoms with Gasteiger partial charge in [-0.05, 0) is 30.7 Å². The Hall–Kier alpha value is -3.27. The Balaban J connectivity index is 1.46. The average molecular weight is 515 g/mol. The van der Waals surface area contributed by atoms with Gasteiger partial charge in [-0.15, -0.1) is 0 Å². The number of rotatable bonds is 5. The summed E-state index contributed by atoms with van der Waals surface area (Å²) in [5.74, 6) is -2.78. The van der Waals surface area contributed by atoms with Crippen LogP contribution in [0.2, 0.25) is 0 Å². The fourth-order valence-electron chi connectivity index (χ4n) is 6.16. The molecule has 0 spiro atoms. The predicted molar refractivity (Wildman–Crippen MR) is 132 cm³/mol. The number of benzene rings is 1. The molecule has 0 bridgehead atoms. The molecule has 2 N–H and O–H groups in total. The molecule has 37 heavy (non-hydrogen) atoms. The summed E-state index contributed by atoms with van der Waals surface area (Å²) < 4.78 is 28.7. The lowest BCUT2D eigenvalue weighted by molar-refractivity contribution is -0.0771. The number of nitrogens with zero attached hydrogens (tertiary/aromatic N) is 3. The van der Waals surface area contributed by atoms with Crippen molar-refractivity contribution in [1.29, 1.82) is 0 Å². The van der Waals surface area contributed by atoms with Crippen LogP contribution in [-0.4, -0.2) is 56.6 Å². The molecule has 198 valence electrons. The zero-order valence-electron chi connectivity index (χ0n) is 21.0. The molecule has 5 rings (SSSR count). The van der Waals surface area contributed by atoms with E-state index in [1.54, 1.807) is 0 Å². The van der Waals surface area contributed by atoms with Crippen LogP contribution in [0.4, 0.5) is 8.78 Å². The topological polar surface area (TPSA) is 94.9 Å². The van der Waals surface area contributed by atoms with Gasteiger partial charge in [0.15, 0.2) is 11.4 Å². The summed E-state index contributed by atoms with van der Waals surface area (Å²) in [6.07, 6.45) is 5.17. The number of hydrogen-bond acceptors (Lipinski definition) is 5. The highest BCUT2D eigenvalue weighted by Gasteiger charge is 2.48. The van der Waals surface area contributed by atoms with Gasteiger partial charge in [0.2, 0.25) is 5.43 Å².